The maximum absolute atomic E-state index is 11.2. The molecule has 2 rings (SSSR count). The average Bonchev–Trinajstić information content (AvgIpc) is 2.35. The van der Waals surface area contributed by atoms with Crippen molar-refractivity contribution in [1.82, 2.24) is 0 Å². The highest BCUT2D eigenvalue weighted by atomic mass is 35.5. The normalized spacial score (nSPS) is 10.3. The number of rotatable bonds is 3. The largest absolute Gasteiger partial charge is 0.478 e. The third-order valence-corrected chi connectivity index (χ3v) is 3.35. The molecule has 0 aromatic heterocycles. The molecule has 4 heteroatoms. The van der Waals surface area contributed by atoms with Gasteiger partial charge in [0.25, 0.3) is 0 Å². The molecular weight excluding hydrogens is 262 g/mol. The number of anilines is 2. The fourth-order valence-electron chi connectivity index (χ4n) is 1.84. The second-order valence-corrected chi connectivity index (χ2v) is 4.80. The van der Waals surface area contributed by atoms with Crippen molar-refractivity contribution in [3.8, 4) is 0 Å². The number of hydrogen-bond acceptors (Lipinski definition) is 2. The topological polar surface area (TPSA) is 49.3 Å². The maximum Gasteiger partial charge on any atom is 0.337 e. The number of aryl methyl sites for hydroxylation is 1. The Morgan fingerprint density at radius 3 is 2.58 bits per heavy atom. The summed E-state index contributed by atoms with van der Waals surface area (Å²) in [6.45, 7) is 3.81. The summed E-state index contributed by atoms with van der Waals surface area (Å²) >= 11 is 6.06. The summed E-state index contributed by atoms with van der Waals surface area (Å²) in [4.78, 5) is 11.2. The minimum atomic E-state index is -0.956. The highest BCUT2D eigenvalue weighted by Crippen LogP contribution is 2.28. The quantitative estimate of drug-likeness (QED) is 0.873. The third kappa shape index (κ3) is 2.88. The smallest absolute Gasteiger partial charge is 0.337 e. The van der Waals surface area contributed by atoms with Crippen LogP contribution in [0, 0.1) is 13.8 Å². The zero-order chi connectivity index (χ0) is 14.0. The minimum Gasteiger partial charge on any atom is -0.478 e. The van der Waals surface area contributed by atoms with Crippen LogP contribution >= 0.6 is 11.6 Å². The SMILES string of the molecule is Cc1ccc(C(=O)O)c(Nc2cccc(Cl)c2C)c1. The molecule has 0 saturated heterocycles. The van der Waals surface area contributed by atoms with Crippen LogP contribution < -0.4 is 5.32 Å². The second kappa shape index (κ2) is 5.33. The molecular formula is C15H14ClNO2. The van der Waals surface area contributed by atoms with Crippen LogP contribution in [0.4, 0.5) is 11.4 Å². The van der Waals surface area contributed by atoms with Crippen molar-refractivity contribution in [2.45, 2.75) is 13.8 Å². The molecule has 19 heavy (non-hydrogen) atoms. The van der Waals surface area contributed by atoms with Gasteiger partial charge >= 0.3 is 5.97 Å². The van der Waals surface area contributed by atoms with Gasteiger partial charge in [0.05, 0.1) is 11.3 Å². The van der Waals surface area contributed by atoms with E-state index in [0.717, 1.165) is 16.8 Å². The Morgan fingerprint density at radius 1 is 1.16 bits per heavy atom. The van der Waals surface area contributed by atoms with Crippen molar-refractivity contribution in [3.05, 3.63) is 58.1 Å². The summed E-state index contributed by atoms with van der Waals surface area (Å²) in [7, 11) is 0. The number of aromatic carboxylic acids is 1. The molecule has 2 aromatic carbocycles. The van der Waals surface area contributed by atoms with Gasteiger partial charge in [-0.1, -0.05) is 23.7 Å². The molecule has 0 saturated carbocycles. The first-order valence-corrected chi connectivity index (χ1v) is 6.23. The predicted molar refractivity (Wildman–Crippen MR) is 77.6 cm³/mol. The Balaban J connectivity index is 2.45. The Kier molecular flexibility index (Phi) is 3.76. The molecule has 0 aliphatic rings. The number of hydrogen-bond donors (Lipinski definition) is 2. The van der Waals surface area contributed by atoms with E-state index in [-0.39, 0.29) is 5.56 Å². The first-order valence-electron chi connectivity index (χ1n) is 5.85. The molecule has 0 fully saturated rings. The van der Waals surface area contributed by atoms with Crippen LogP contribution in [0.1, 0.15) is 21.5 Å². The van der Waals surface area contributed by atoms with Crippen LogP contribution in [0.15, 0.2) is 36.4 Å². The van der Waals surface area contributed by atoms with E-state index in [0.29, 0.717) is 10.7 Å². The summed E-state index contributed by atoms with van der Waals surface area (Å²) in [6.07, 6.45) is 0. The van der Waals surface area contributed by atoms with E-state index in [1.54, 1.807) is 18.2 Å². The fraction of sp³-hybridized carbons (Fsp3) is 0.133. The van der Waals surface area contributed by atoms with Gasteiger partial charge in [-0.25, -0.2) is 4.79 Å². The van der Waals surface area contributed by atoms with Gasteiger partial charge in [-0.2, -0.15) is 0 Å². The molecule has 3 nitrogen and oxygen atoms in total. The van der Waals surface area contributed by atoms with Gasteiger partial charge in [0.15, 0.2) is 0 Å². The fourth-order valence-corrected chi connectivity index (χ4v) is 2.01. The third-order valence-electron chi connectivity index (χ3n) is 2.94. The molecule has 0 unspecified atom stereocenters. The van der Waals surface area contributed by atoms with Crippen LogP contribution in [0.5, 0.6) is 0 Å². The van der Waals surface area contributed by atoms with E-state index >= 15 is 0 Å². The van der Waals surface area contributed by atoms with Crippen molar-refractivity contribution in [3.63, 3.8) is 0 Å². The Labute approximate surface area is 116 Å². The van der Waals surface area contributed by atoms with Crippen LogP contribution in [0.25, 0.3) is 0 Å². The molecule has 0 spiro atoms. The Bertz CT molecular complexity index is 638. The lowest BCUT2D eigenvalue weighted by Crippen LogP contribution is -2.03. The maximum atomic E-state index is 11.2. The van der Waals surface area contributed by atoms with Gasteiger partial charge in [-0.3, -0.25) is 0 Å². The molecule has 0 aliphatic carbocycles. The molecule has 0 radical (unpaired) electrons. The lowest BCUT2D eigenvalue weighted by atomic mass is 10.1. The standard InChI is InChI=1S/C15H14ClNO2/c1-9-6-7-11(15(18)19)14(8-9)17-13-5-3-4-12(16)10(13)2/h3-8,17H,1-2H3,(H,18,19). The first-order chi connectivity index (χ1) is 8.99. The van der Waals surface area contributed by atoms with Gasteiger partial charge in [0.1, 0.15) is 0 Å². The molecule has 98 valence electrons. The number of benzene rings is 2. The van der Waals surface area contributed by atoms with Crippen LogP contribution in [-0.4, -0.2) is 11.1 Å². The molecule has 0 heterocycles. The lowest BCUT2D eigenvalue weighted by molar-refractivity contribution is 0.0698. The van der Waals surface area contributed by atoms with Crippen molar-refractivity contribution in [2.24, 2.45) is 0 Å². The van der Waals surface area contributed by atoms with E-state index in [2.05, 4.69) is 5.32 Å². The average molecular weight is 276 g/mol. The van der Waals surface area contributed by atoms with Gasteiger partial charge in [0.2, 0.25) is 0 Å². The Morgan fingerprint density at radius 2 is 1.89 bits per heavy atom. The van der Waals surface area contributed by atoms with Crippen molar-refractivity contribution < 1.29 is 9.90 Å². The van der Waals surface area contributed by atoms with Crippen LogP contribution in [-0.2, 0) is 0 Å². The van der Waals surface area contributed by atoms with Crippen molar-refractivity contribution in [2.75, 3.05) is 5.32 Å². The summed E-state index contributed by atoms with van der Waals surface area (Å²) in [6, 6.07) is 10.7. The summed E-state index contributed by atoms with van der Waals surface area (Å²) < 4.78 is 0. The molecule has 2 N–H and O–H groups in total. The highest BCUT2D eigenvalue weighted by Gasteiger charge is 2.11. The molecule has 0 aliphatic heterocycles. The monoisotopic (exact) mass is 275 g/mol. The number of halogens is 1. The molecule has 0 atom stereocenters. The van der Waals surface area contributed by atoms with E-state index in [1.807, 2.05) is 32.0 Å². The van der Waals surface area contributed by atoms with Crippen LogP contribution in [0.3, 0.4) is 0 Å². The summed E-state index contributed by atoms with van der Waals surface area (Å²) in [5.74, 6) is -0.956. The van der Waals surface area contributed by atoms with E-state index in [4.69, 9.17) is 11.6 Å². The van der Waals surface area contributed by atoms with Gasteiger partial charge in [0, 0.05) is 10.7 Å². The van der Waals surface area contributed by atoms with E-state index < -0.39 is 5.97 Å². The van der Waals surface area contributed by atoms with E-state index in [9.17, 15) is 9.90 Å². The molecule has 2 aromatic rings. The predicted octanol–water partition coefficient (Wildman–Crippen LogP) is 4.40. The minimum absolute atomic E-state index is 0.241. The zero-order valence-electron chi connectivity index (χ0n) is 10.7. The molecule has 0 amide bonds. The molecule has 0 bridgehead atoms. The van der Waals surface area contributed by atoms with Gasteiger partial charge < -0.3 is 10.4 Å². The number of carboxylic acids is 1. The zero-order valence-corrected chi connectivity index (χ0v) is 11.5. The summed E-state index contributed by atoms with van der Waals surface area (Å²) in [5, 5.41) is 13.0. The number of carbonyl (C=O) groups is 1. The van der Waals surface area contributed by atoms with Crippen molar-refractivity contribution in [1.29, 1.82) is 0 Å². The van der Waals surface area contributed by atoms with Crippen molar-refractivity contribution >= 4 is 28.9 Å². The second-order valence-electron chi connectivity index (χ2n) is 4.39. The number of nitrogens with one attached hydrogen (secondary N) is 1. The van der Waals surface area contributed by atoms with Crippen LogP contribution in [0.2, 0.25) is 5.02 Å². The summed E-state index contributed by atoms with van der Waals surface area (Å²) in [5.41, 5.74) is 3.50. The lowest BCUT2D eigenvalue weighted by Gasteiger charge is -2.13. The van der Waals surface area contributed by atoms with Gasteiger partial charge in [-0.05, 0) is 49.2 Å². The van der Waals surface area contributed by atoms with Gasteiger partial charge in [-0.15, -0.1) is 0 Å². The first kappa shape index (κ1) is 13.4. The Hall–Kier alpha value is -2.00. The number of carboxylic acid groups (broad SMARTS) is 1. The van der Waals surface area contributed by atoms with E-state index in [1.165, 1.54) is 0 Å². The highest BCUT2D eigenvalue weighted by molar-refractivity contribution is 6.31.